The molecule has 2 aliphatic rings. The number of Topliss-reactive ketones (excluding diaryl/α,β-unsaturated/α-hetero) is 1. The highest BCUT2D eigenvalue weighted by Gasteiger charge is 2.23. The molecule has 0 saturated carbocycles. The summed E-state index contributed by atoms with van der Waals surface area (Å²) in [5, 5.41) is 1.07. The van der Waals surface area contributed by atoms with Gasteiger partial charge < -0.3 is 9.47 Å². The monoisotopic (exact) mass is 423 g/mol. The van der Waals surface area contributed by atoms with E-state index in [4.69, 9.17) is 19.4 Å². The molecule has 1 aliphatic heterocycles. The molecule has 0 spiro atoms. The number of thiophene rings is 1. The molecule has 1 aliphatic carbocycles. The van der Waals surface area contributed by atoms with E-state index in [1.807, 2.05) is 12.1 Å². The average Bonchev–Trinajstić information content (AvgIpc) is 3.13. The highest BCUT2D eigenvalue weighted by Crippen LogP contribution is 2.40. The van der Waals surface area contributed by atoms with Crippen LogP contribution in [-0.2, 0) is 24.1 Å². The van der Waals surface area contributed by atoms with E-state index in [9.17, 15) is 4.79 Å². The molecule has 30 heavy (non-hydrogen) atoms. The molecule has 7 heteroatoms. The van der Waals surface area contributed by atoms with Crippen LogP contribution in [0, 0.1) is 0 Å². The summed E-state index contributed by atoms with van der Waals surface area (Å²) < 4.78 is 11.7. The molecule has 0 N–H and O–H groups in total. The third-order valence-corrected chi connectivity index (χ3v) is 6.96. The van der Waals surface area contributed by atoms with E-state index in [-0.39, 0.29) is 5.78 Å². The second kappa shape index (κ2) is 8.41. The summed E-state index contributed by atoms with van der Waals surface area (Å²) in [4.78, 5) is 26.1. The van der Waals surface area contributed by atoms with Crippen molar-refractivity contribution in [2.75, 3.05) is 26.3 Å². The fourth-order valence-corrected chi connectivity index (χ4v) is 5.41. The lowest BCUT2D eigenvalue weighted by Crippen LogP contribution is -2.36. The Morgan fingerprint density at radius 1 is 1.13 bits per heavy atom. The van der Waals surface area contributed by atoms with Gasteiger partial charge in [0.1, 0.15) is 16.4 Å². The molecule has 5 rings (SSSR count). The van der Waals surface area contributed by atoms with Gasteiger partial charge in [-0.25, -0.2) is 4.98 Å². The number of benzene rings is 1. The Bertz CT molecular complexity index is 1070. The lowest BCUT2D eigenvalue weighted by atomic mass is 9.97. The molecule has 2 aromatic heterocycles. The Hall–Kier alpha value is -2.35. The molecule has 0 amide bonds. The number of aromatic nitrogens is 2. The quantitative estimate of drug-likeness (QED) is 0.567. The number of fused-ring (bicyclic) bond motifs is 3. The van der Waals surface area contributed by atoms with Crippen LogP contribution in [0.1, 0.15) is 46.4 Å². The number of hydrogen-bond acceptors (Lipinski definition) is 7. The Labute approximate surface area is 179 Å². The first-order valence-electron chi connectivity index (χ1n) is 10.6. The van der Waals surface area contributed by atoms with Crippen molar-refractivity contribution in [1.82, 2.24) is 14.9 Å². The molecule has 6 nitrogen and oxygen atoms in total. The van der Waals surface area contributed by atoms with E-state index in [1.165, 1.54) is 23.3 Å². The summed E-state index contributed by atoms with van der Waals surface area (Å²) in [5.74, 6) is 2.16. The van der Waals surface area contributed by atoms with Gasteiger partial charge in [0, 0.05) is 23.5 Å². The lowest BCUT2D eigenvalue weighted by Gasteiger charge is -2.25. The van der Waals surface area contributed by atoms with Crippen molar-refractivity contribution in [3.63, 3.8) is 0 Å². The Morgan fingerprint density at radius 2 is 1.90 bits per heavy atom. The average molecular weight is 424 g/mol. The number of carbonyl (C=O) groups is 1. The minimum atomic E-state index is 0.0469. The zero-order chi connectivity index (χ0) is 20.5. The topological polar surface area (TPSA) is 64.5 Å². The SMILES string of the molecule is CC(=O)c1ccc(Oc2nc(CN3CCOCC3)nc3sc4c(c23)CCCC4)cc1. The summed E-state index contributed by atoms with van der Waals surface area (Å²) in [6, 6.07) is 7.28. The van der Waals surface area contributed by atoms with Gasteiger partial charge >= 0.3 is 0 Å². The van der Waals surface area contributed by atoms with E-state index in [0.29, 0.717) is 23.7 Å². The van der Waals surface area contributed by atoms with Crippen molar-refractivity contribution in [3.05, 3.63) is 46.1 Å². The summed E-state index contributed by atoms with van der Waals surface area (Å²) in [6.07, 6.45) is 4.60. The van der Waals surface area contributed by atoms with Gasteiger partial charge in [0.15, 0.2) is 5.78 Å². The van der Waals surface area contributed by atoms with E-state index >= 15 is 0 Å². The highest BCUT2D eigenvalue weighted by atomic mass is 32.1. The maximum absolute atomic E-state index is 11.6. The molecule has 156 valence electrons. The first-order valence-corrected chi connectivity index (χ1v) is 11.4. The number of rotatable bonds is 5. The van der Waals surface area contributed by atoms with Crippen LogP contribution in [0.15, 0.2) is 24.3 Å². The number of ketones is 1. The van der Waals surface area contributed by atoms with Crippen LogP contribution in [0.3, 0.4) is 0 Å². The molecule has 1 saturated heterocycles. The van der Waals surface area contributed by atoms with Gasteiger partial charge in [-0.3, -0.25) is 9.69 Å². The number of aryl methyl sites for hydroxylation is 2. The Kier molecular flexibility index (Phi) is 5.50. The van der Waals surface area contributed by atoms with Gasteiger partial charge in [-0.1, -0.05) is 0 Å². The molecule has 0 atom stereocenters. The first kappa shape index (κ1) is 19.6. The van der Waals surface area contributed by atoms with Crippen LogP contribution in [0.25, 0.3) is 10.2 Å². The zero-order valence-corrected chi connectivity index (χ0v) is 18.0. The molecular weight excluding hydrogens is 398 g/mol. The van der Waals surface area contributed by atoms with E-state index < -0.39 is 0 Å². The second-order valence-corrected chi connectivity index (χ2v) is 8.99. The summed E-state index contributed by atoms with van der Waals surface area (Å²) in [5.41, 5.74) is 2.03. The molecule has 3 aromatic rings. The molecule has 0 bridgehead atoms. The standard InChI is InChI=1S/C23H25N3O3S/c1-15(27)16-6-8-17(9-7-16)29-22-21-18-4-2-3-5-19(18)30-23(21)25-20(24-22)14-26-10-12-28-13-11-26/h6-9H,2-5,10-14H2,1H3. The molecule has 0 radical (unpaired) electrons. The number of ether oxygens (including phenoxy) is 2. The van der Waals surface area contributed by atoms with Crippen molar-refractivity contribution in [1.29, 1.82) is 0 Å². The number of morpholine rings is 1. The van der Waals surface area contributed by atoms with Crippen LogP contribution >= 0.6 is 11.3 Å². The Morgan fingerprint density at radius 3 is 2.67 bits per heavy atom. The van der Waals surface area contributed by atoms with Gasteiger partial charge in [0.25, 0.3) is 0 Å². The highest BCUT2D eigenvalue weighted by molar-refractivity contribution is 7.18. The van der Waals surface area contributed by atoms with E-state index in [0.717, 1.165) is 55.2 Å². The summed E-state index contributed by atoms with van der Waals surface area (Å²) >= 11 is 1.79. The van der Waals surface area contributed by atoms with Gasteiger partial charge in [0.05, 0.1) is 25.1 Å². The molecular formula is C23H25N3O3S. The van der Waals surface area contributed by atoms with Gasteiger partial charge in [-0.05, 0) is 62.4 Å². The van der Waals surface area contributed by atoms with Crippen LogP contribution in [0.5, 0.6) is 11.6 Å². The first-order chi connectivity index (χ1) is 14.7. The van der Waals surface area contributed by atoms with Crippen LogP contribution in [-0.4, -0.2) is 47.0 Å². The molecule has 3 heterocycles. The van der Waals surface area contributed by atoms with Crippen molar-refractivity contribution < 1.29 is 14.3 Å². The van der Waals surface area contributed by atoms with Crippen molar-refractivity contribution >= 4 is 27.3 Å². The van der Waals surface area contributed by atoms with Crippen molar-refractivity contribution in [2.45, 2.75) is 39.2 Å². The second-order valence-electron chi connectivity index (χ2n) is 7.91. The van der Waals surface area contributed by atoms with Crippen molar-refractivity contribution in [3.8, 4) is 11.6 Å². The van der Waals surface area contributed by atoms with Crippen molar-refractivity contribution in [2.24, 2.45) is 0 Å². The number of hydrogen-bond donors (Lipinski definition) is 0. The Balaban J connectivity index is 1.52. The van der Waals surface area contributed by atoms with E-state index in [2.05, 4.69) is 4.90 Å². The van der Waals surface area contributed by atoms with Gasteiger partial charge in [-0.15, -0.1) is 11.3 Å². The molecule has 0 unspecified atom stereocenters. The van der Waals surface area contributed by atoms with Gasteiger partial charge in [0.2, 0.25) is 5.88 Å². The predicted molar refractivity (Wildman–Crippen MR) is 117 cm³/mol. The number of nitrogens with zero attached hydrogens (tertiary/aromatic N) is 3. The third kappa shape index (κ3) is 3.97. The molecule has 1 aromatic carbocycles. The maximum atomic E-state index is 11.6. The van der Waals surface area contributed by atoms with Crippen LogP contribution in [0.4, 0.5) is 0 Å². The molecule has 1 fully saturated rings. The minimum absolute atomic E-state index is 0.0469. The fourth-order valence-electron chi connectivity index (χ4n) is 4.14. The fraction of sp³-hybridized carbons (Fsp3) is 0.435. The van der Waals surface area contributed by atoms with Gasteiger partial charge in [-0.2, -0.15) is 4.98 Å². The van der Waals surface area contributed by atoms with Crippen LogP contribution < -0.4 is 4.74 Å². The smallest absolute Gasteiger partial charge is 0.231 e. The maximum Gasteiger partial charge on any atom is 0.231 e. The van der Waals surface area contributed by atoms with E-state index in [1.54, 1.807) is 30.4 Å². The van der Waals surface area contributed by atoms with Crippen LogP contribution in [0.2, 0.25) is 0 Å². The predicted octanol–water partition coefficient (Wildman–Crippen LogP) is 4.40. The lowest BCUT2D eigenvalue weighted by molar-refractivity contribution is 0.0330. The third-order valence-electron chi connectivity index (χ3n) is 5.77. The zero-order valence-electron chi connectivity index (χ0n) is 17.1. The summed E-state index contributed by atoms with van der Waals surface area (Å²) in [7, 11) is 0. The largest absolute Gasteiger partial charge is 0.438 e. The normalized spacial score (nSPS) is 17.1. The summed E-state index contributed by atoms with van der Waals surface area (Å²) in [6.45, 7) is 5.56. The minimum Gasteiger partial charge on any atom is -0.438 e. The number of carbonyl (C=O) groups excluding carboxylic acids is 1.